The third-order valence-electron chi connectivity index (χ3n) is 22.6. The second-order valence-corrected chi connectivity index (χ2v) is 32.6. The molecule has 0 aliphatic carbocycles. The number of carbonyl (C=O) groups excluding carboxylic acids is 3. The predicted molar refractivity (Wildman–Crippen MR) is 553 cm³/mol. The average Bonchev–Trinajstić information content (AvgIpc) is 0.786. The number of carboxylic acid groups (broad SMARTS) is 1. The Bertz CT molecular complexity index is 7870. The fraction of sp³-hybridized carbons (Fsp3) is 0.0714. The summed E-state index contributed by atoms with van der Waals surface area (Å²) in [6.07, 6.45) is 6.95. The van der Waals surface area contributed by atoms with E-state index >= 15 is 0 Å². The molecule has 0 saturated heterocycles. The molecular formula is C112H86N28O5. The number of hydrogen-bond acceptors (Lipinski definition) is 29. The summed E-state index contributed by atoms with van der Waals surface area (Å²) in [5.41, 5.74) is 47.7. The van der Waals surface area contributed by atoms with Crippen molar-refractivity contribution in [2.45, 2.75) is 51.9 Å². The molecule has 12 heterocycles. The van der Waals surface area contributed by atoms with E-state index in [2.05, 4.69) is 80.7 Å². The van der Waals surface area contributed by atoms with Gasteiger partial charge in [0, 0.05) is 96.9 Å². The molecule has 0 aliphatic heterocycles. The number of nitrogen functional groups attached to an aromatic ring is 4. The summed E-state index contributed by atoms with van der Waals surface area (Å²) >= 11 is 0. The number of aromatic carboxylic acids is 1. The van der Waals surface area contributed by atoms with E-state index in [0.29, 0.717) is 68.3 Å². The van der Waals surface area contributed by atoms with Gasteiger partial charge in [-0.1, -0.05) is 194 Å². The zero-order valence-electron chi connectivity index (χ0n) is 78.1. The molecule has 33 heteroatoms. The van der Waals surface area contributed by atoms with E-state index < -0.39 is 41.8 Å². The first-order valence-corrected chi connectivity index (χ1v) is 45.2. The summed E-state index contributed by atoms with van der Waals surface area (Å²) in [7, 11) is 0. The summed E-state index contributed by atoms with van der Waals surface area (Å²) in [5, 5.41) is 57.6. The minimum atomic E-state index is -1.21. The highest BCUT2D eigenvalue weighted by atomic mass is 16.4. The molecule has 0 radical (unpaired) electrons. The summed E-state index contributed by atoms with van der Waals surface area (Å²) in [5.74, 6) is -2.73. The van der Waals surface area contributed by atoms with Crippen LogP contribution in [0.4, 0.5) is 23.3 Å². The Morgan fingerprint density at radius 1 is 0.262 bits per heavy atom. The number of carboxylic acids is 1. The van der Waals surface area contributed by atoms with Gasteiger partial charge in [0.25, 0.3) is 17.7 Å². The van der Waals surface area contributed by atoms with Gasteiger partial charge in [0.2, 0.25) is 0 Å². The number of carbonyl (C=O) groups is 4. The van der Waals surface area contributed by atoms with E-state index in [1.165, 1.54) is 0 Å². The van der Waals surface area contributed by atoms with Crippen LogP contribution in [0.25, 0.3) is 134 Å². The monoisotopic (exact) mass is 1900 g/mol. The Labute approximate surface area is 830 Å². The number of nitrogens with two attached hydrogens (primary N) is 5. The molecule has 0 saturated carbocycles. The number of nitriles is 4. The molecule has 3 amide bonds. The topological polar surface area (TPSA) is 556 Å². The molecule has 8 aromatic carbocycles. The highest BCUT2D eigenvalue weighted by Gasteiger charge is 2.28. The minimum Gasteiger partial charge on any atom is -0.476 e. The average molecular weight is 1900 g/mol. The van der Waals surface area contributed by atoms with Gasteiger partial charge in [0.1, 0.15) is 47.1 Å². The van der Waals surface area contributed by atoms with Crippen molar-refractivity contribution >= 4 is 90.6 Å². The molecule has 4 atom stereocenters. The van der Waals surface area contributed by atoms with Crippen LogP contribution in [0.15, 0.2) is 340 Å². The Morgan fingerprint density at radius 3 is 0.731 bits per heavy atom. The lowest BCUT2D eigenvalue weighted by Crippen LogP contribution is -2.29. The fourth-order valence-corrected chi connectivity index (χ4v) is 15.4. The maximum atomic E-state index is 13.3. The molecule has 145 heavy (non-hydrogen) atoms. The van der Waals surface area contributed by atoms with Gasteiger partial charge in [0.05, 0.1) is 109 Å². The van der Waals surface area contributed by atoms with Crippen LogP contribution >= 0.6 is 0 Å². The van der Waals surface area contributed by atoms with Crippen LogP contribution < -0.4 is 44.6 Å². The van der Waals surface area contributed by atoms with Gasteiger partial charge in [-0.3, -0.25) is 34.3 Å². The number of benzene rings is 8. The predicted octanol–water partition coefficient (Wildman–Crippen LogP) is 18.7. The number of anilines is 4. The Hall–Kier alpha value is -20.7. The molecule has 12 aromatic heterocycles. The van der Waals surface area contributed by atoms with Crippen LogP contribution in [0, 0.1) is 45.3 Å². The molecule has 0 fully saturated rings. The molecule has 0 spiro atoms. The van der Waals surface area contributed by atoms with Gasteiger partial charge in [0.15, 0.2) is 46.0 Å². The second kappa shape index (κ2) is 45.1. The number of aromatic nitrogens is 16. The Balaban J connectivity index is 0.000000134. The van der Waals surface area contributed by atoms with Crippen LogP contribution in [0.2, 0.25) is 0 Å². The van der Waals surface area contributed by atoms with Crippen LogP contribution in [-0.4, -0.2) is 109 Å². The van der Waals surface area contributed by atoms with E-state index in [1.807, 2.05) is 280 Å². The third kappa shape index (κ3) is 23.3. The Kier molecular flexibility index (Phi) is 30.3. The summed E-state index contributed by atoms with van der Waals surface area (Å²) < 4.78 is 0. The lowest BCUT2D eigenvalue weighted by atomic mass is 10.0. The maximum absolute atomic E-state index is 13.3. The SMILES string of the molecule is CC(N)c1cccc(C#N)n1.CC(NC(=O)c1nc(-c2ccc3ncccc3c2)c(-c2ccccc2)nc1N)c1cccc(C#N)n1.C[C@@H](NC(=O)c1nc(-c2ccc3ncccc3c2)c(-c2ccccc2)nc1N)c1cccc(C#N)n1.C[C@H](NC(=O)c1nc(-c2ccc3ncccc3c2)c(-c2ccccc2)nc1N)c1cccc(C#N)n1.Nc1nc(-c2ccccc2)c(-c2ccc3ncccc3c2)nc1C(=O)O. The Morgan fingerprint density at radius 2 is 0.490 bits per heavy atom. The van der Waals surface area contributed by atoms with Crippen molar-refractivity contribution in [3.8, 4) is 114 Å². The number of amides is 3. The first-order valence-electron chi connectivity index (χ1n) is 45.2. The maximum Gasteiger partial charge on any atom is 0.358 e. The van der Waals surface area contributed by atoms with Crippen molar-refractivity contribution in [2.24, 2.45) is 5.73 Å². The molecule has 33 nitrogen and oxygen atoms in total. The number of hydrogen-bond donors (Lipinski definition) is 9. The number of fused-ring (bicyclic) bond motifs is 4. The molecule has 2 unspecified atom stereocenters. The van der Waals surface area contributed by atoms with E-state index in [4.69, 9.17) is 64.7 Å². The van der Waals surface area contributed by atoms with Crippen molar-refractivity contribution in [3.63, 3.8) is 0 Å². The summed E-state index contributed by atoms with van der Waals surface area (Å²) in [4.78, 5) is 122. The standard InChI is InChI=1S/3C28H21N7O.C20H14N4O2.C8H9N3/c3*1-17(22-11-5-10-21(16-29)33-22)32-28(36)26-27(30)35-24(18-7-3-2-4-8-18)25(34-26)20-12-13-23-19(15-20)9-6-14-31-23;21-19-18(20(25)26)23-17(16(24-19)12-5-2-1-3-6-12)14-8-9-15-13(11-14)7-4-10-22-15;1-6(10)8-4-2-3-7(5-9)11-8/h3*2-15,17H,1H3,(H2,30,35)(H,32,36);1-11H,(H2,21,24)(H,25,26);2-4,6H,10H2,1H3/t2*17-;;;/m10.../s1. The fourth-order valence-electron chi connectivity index (χ4n) is 15.4. The van der Waals surface area contributed by atoms with Crippen LogP contribution in [0.1, 0.15) is 139 Å². The molecule has 20 rings (SSSR count). The third-order valence-corrected chi connectivity index (χ3v) is 22.6. The molecule has 0 bridgehead atoms. The molecular weight excluding hydrogens is 1820 g/mol. The number of pyridine rings is 8. The lowest BCUT2D eigenvalue weighted by molar-refractivity contribution is 0.0690. The normalized spacial score (nSPS) is 11.5. The van der Waals surface area contributed by atoms with Gasteiger partial charge in [-0.05, 0) is 149 Å². The zero-order valence-corrected chi connectivity index (χ0v) is 78.1. The van der Waals surface area contributed by atoms with Crippen molar-refractivity contribution < 1.29 is 24.3 Å². The smallest absolute Gasteiger partial charge is 0.358 e. The first-order chi connectivity index (χ1) is 70.5. The largest absolute Gasteiger partial charge is 0.476 e. The van der Waals surface area contributed by atoms with Crippen LogP contribution in [0.5, 0.6) is 0 Å². The van der Waals surface area contributed by atoms with Crippen molar-refractivity contribution in [1.29, 1.82) is 21.0 Å². The number of rotatable bonds is 19. The van der Waals surface area contributed by atoms with E-state index in [-0.39, 0.29) is 69.2 Å². The van der Waals surface area contributed by atoms with Gasteiger partial charge in [-0.2, -0.15) is 21.0 Å². The van der Waals surface area contributed by atoms with E-state index in [1.54, 1.807) is 112 Å². The first kappa shape index (κ1) is 97.4. The van der Waals surface area contributed by atoms with Gasteiger partial charge in [-0.25, -0.2) is 64.6 Å². The van der Waals surface area contributed by atoms with Crippen molar-refractivity contribution in [1.82, 2.24) is 95.7 Å². The van der Waals surface area contributed by atoms with Crippen molar-refractivity contribution in [3.05, 3.63) is 409 Å². The minimum absolute atomic E-state index is 0.0132. The molecule has 14 N–H and O–H groups in total. The highest BCUT2D eigenvalue weighted by molar-refractivity contribution is 6.02. The highest BCUT2D eigenvalue weighted by Crippen LogP contribution is 2.39. The zero-order chi connectivity index (χ0) is 102. The number of nitrogens with zero attached hydrogens (tertiary/aromatic N) is 20. The van der Waals surface area contributed by atoms with E-state index in [0.717, 1.165) is 93.8 Å². The summed E-state index contributed by atoms with van der Waals surface area (Å²) in [6, 6.07) is 103. The molecule has 0 aliphatic rings. The van der Waals surface area contributed by atoms with Crippen LogP contribution in [-0.2, 0) is 0 Å². The van der Waals surface area contributed by atoms with Crippen LogP contribution in [0.3, 0.4) is 0 Å². The lowest BCUT2D eigenvalue weighted by Gasteiger charge is -2.16. The summed E-state index contributed by atoms with van der Waals surface area (Å²) in [6.45, 7) is 7.17. The molecule has 704 valence electrons. The van der Waals surface area contributed by atoms with Gasteiger partial charge >= 0.3 is 5.97 Å². The van der Waals surface area contributed by atoms with E-state index in [9.17, 15) is 24.3 Å². The van der Waals surface area contributed by atoms with Gasteiger partial charge in [-0.15, -0.1) is 0 Å². The quantitative estimate of drug-likeness (QED) is 0.0363. The van der Waals surface area contributed by atoms with Gasteiger partial charge < -0.3 is 49.7 Å². The molecule has 20 aromatic rings. The second-order valence-electron chi connectivity index (χ2n) is 32.6. The van der Waals surface area contributed by atoms with Crippen molar-refractivity contribution in [2.75, 3.05) is 22.9 Å². The number of nitrogens with one attached hydrogen (secondary N) is 3.